The third kappa shape index (κ3) is 2.53. The van der Waals surface area contributed by atoms with Crippen LogP contribution < -0.4 is 11.1 Å². The molecule has 2 aromatic rings. The van der Waals surface area contributed by atoms with Gasteiger partial charge in [0.15, 0.2) is 0 Å². The van der Waals surface area contributed by atoms with Gasteiger partial charge >= 0.3 is 0 Å². The molecular weight excluding hydrogens is 296 g/mol. The van der Waals surface area contributed by atoms with Gasteiger partial charge in [0.2, 0.25) is 0 Å². The number of nitrogens with two attached hydrogens (primary N) is 1. The largest absolute Gasteiger partial charge is 0.398 e. The van der Waals surface area contributed by atoms with E-state index in [1.54, 1.807) is 36.1 Å². The molecule has 0 unspecified atom stereocenters. The minimum absolute atomic E-state index is 0.245. The third-order valence-electron chi connectivity index (χ3n) is 2.52. The molecule has 0 bridgehead atoms. The van der Waals surface area contributed by atoms with Crippen molar-refractivity contribution in [1.29, 1.82) is 0 Å². The molecule has 0 radical (unpaired) electrons. The van der Waals surface area contributed by atoms with Crippen LogP contribution in [0.4, 0.5) is 11.4 Å². The van der Waals surface area contributed by atoms with Crippen molar-refractivity contribution in [2.24, 2.45) is 7.05 Å². The molecule has 1 aromatic carbocycles. The number of hydrogen-bond acceptors (Lipinski definition) is 3. The van der Waals surface area contributed by atoms with Crippen molar-refractivity contribution >= 4 is 33.2 Å². The summed E-state index contributed by atoms with van der Waals surface area (Å²) in [6, 6.07) is 5.17. The number of benzene rings is 1. The van der Waals surface area contributed by atoms with E-state index >= 15 is 0 Å². The maximum Gasteiger partial charge on any atom is 0.257 e. The van der Waals surface area contributed by atoms with E-state index < -0.39 is 0 Å². The van der Waals surface area contributed by atoms with Crippen LogP contribution in [-0.4, -0.2) is 15.7 Å². The summed E-state index contributed by atoms with van der Waals surface area (Å²) in [5, 5.41) is 6.95. The van der Waals surface area contributed by atoms with E-state index in [9.17, 15) is 4.79 Å². The second-order valence-corrected chi connectivity index (χ2v) is 4.90. The zero-order valence-electron chi connectivity index (χ0n) is 10.1. The van der Waals surface area contributed by atoms with Crippen LogP contribution in [-0.2, 0) is 7.05 Å². The van der Waals surface area contributed by atoms with Gasteiger partial charge in [0.1, 0.15) is 0 Å². The number of amides is 1. The Morgan fingerprint density at radius 1 is 1.50 bits per heavy atom. The Labute approximate surface area is 113 Å². The van der Waals surface area contributed by atoms with E-state index in [4.69, 9.17) is 5.73 Å². The minimum atomic E-state index is -0.245. The molecule has 0 saturated heterocycles. The SMILES string of the molecule is Cc1nn(C)cc1NC(=O)c1cc(Br)ccc1N. The first-order valence-electron chi connectivity index (χ1n) is 5.34. The lowest BCUT2D eigenvalue weighted by Gasteiger charge is -2.06. The first-order valence-corrected chi connectivity index (χ1v) is 6.13. The number of anilines is 2. The Kier molecular flexibility index (Phi) is 3.38. The number of halogens is 1. The lowest BCUT2D eigenvalue weighted by molar-refractivity contribution is 0.102. The lowest BCUT2D eigenvalue weighted by atomic mass is 10.1. The van der Waals surface area contributed by atoms with E-state index in [1.807, 2.05) is 6.92 Å². The molecular formula is C12H13BrN4O. The number of nitrogens with one attached hydrogen (secondary N) is 1. The molecule has 18 heavy (non-hydrogen) atoms. The van der Waals surface area contributed by atoms with Crippen molar-refractivity contribution in [3.63, 3.8) is 0 Å². The maximum atomic E-state index is 12.1. The van der Waals surface area contributed by atoms with Gasteiger partial charge in [-0.05, 0) is 25.1 Å². The van der Waals surface area contributed by atoms with Crippen molar-refractivity contribution in [2.75, 3.05) is 11.1 Å². The van der Waals surface area contributed by atoms with Crippen molar-refractivity contribution in [1.82, 2.24) is 9.78 Å². The Morgan fingerprint density at radius 2 is 2.22 bits per heavy atom. The Morgan fingerprint density at radius 3 is 2.83 bits per heavy atom. The summed E-state index contributed by atoms with van der Waals surface area (Å²) in [6.45, 7) is 1.83. The van der Waals surface area contributed by atoms with Gasteiger partial charge in [0, 0.05) is 23.4 Å². The second kappa shape index (κ2) is 4.81. The zero-order chi connectivity index (χ0) is 13.3. The smallest absolute Gasteiger partial charge is 0.257 e. The molecule has 0 saturated carbocycles. The van der Waals surface area contributed by atoms with Crippen molar-refractivity contribution in [3.05, 3.63) is 40.1 Å². The van der Waals surface area contributed by atoms with E-state index in [2.05, 4.69) is 26.3 Å². The predicted molar refractivity (Wildman–Crippen MR) is 74.5 cm³/mol. The minimum Gasteiger partial charge on any atom is -0.398 e. The topological polar surface area (TPSA) is 72.9 Å². The summed E-state index contributed by atoms with van der Waals surface area (Å²) in [5.74, 6) is -0.245. The fourth-order valence-corrected chi connectivity index (χ4v) is 2.00. The highest BCUT2D eigenvalue weighted by atomic mass is 79.9. The quantitative estimate of drug-likeness (QED) is 0.836. The fraction of sp³-hybridized carbons (Fsp3) is 0.167. The molecule has 0 aliphatic heterocycles. The maximum absolute atomic E-state index is 12.1. The first kappa shape index (κ1) is 12.6. The van der Waals surface area contributed by atoms with E-state index in [-0.39, 0.29) is 5.91 Å². The van der Waals surface area contributed by atoms with Gasteiger partial charge in [-0.1, -0.05) is 15.9 Å². The highest BCUT2D eigenvalue weighted by Crippen LogP contribution is 2.20. The van der Waals surface area contributed by atoms with Crippen LogP contribution in [0.25, 0.3) is 0 Å². The molecule has 0 aliphatic rings. The highest BCUT2D eigenvalue weighted by Gasteiger charge is 2.13. The van der Waals surface area contributed by atoms with Gasteiger partial charge < -0.3 is 11.1 Å². The van der Waals surface area contributed by atoms with Crippen molar-refractivity contribution in [2.45, 2.75) is 6.92 Å². The number of rotatable bonds is 2. The number of carbonyl (C=O) groups is 1. The van der Waals surface area contributed by atoms with Gasteiger partial charge in [0.25, 0.3) is 5.91 Å². The monoisotopic (exact) mass is 308 g/mol. The molecule has 0 fully saturated rings. The summed E-state index contributed by atoms with van der Waals surface area (Å²) in [4.78, 5) is 12.1. The van der Waals surface area contributed by atoms with Crippen LogP contribution in [0.3, 0.4) is 0 Å². The number of nitrogen functional groups attached to an aromatic ring is 1. The first-order chi connectivity index (χ1) is 8.47. The van der Waals surface area contributed by atoms with Crippen LogP contribution in [0.1, 0.15) is 16.1 Å². The molecule has 2 rings (SSSR count). The number of aryl methyl sites for hydroxylation is 2. The Balaban J connectivity index is 2.27. The molecule has 1 amide bonds. The molecule has 0 spiro atoms. The standard InChI is InChI=1S/C12H13BrN4O/c1-7-11(6-17(2)16-7)15-12(18)9-5-8(13)3-4-10(9)14/h3-6H,14H2,1-2H3,(H,15,18). The fourth-order valence-electron chi connectivity index (χ4n) is 1.64. The van der Waals surface area contributed by atoms with Crippen LogP contribution in [0.2, 0.25) is 0 Å². The molecule has 3 N–H and O–H groups in total. The highest BCUT2D eigenvalue weighted by molar-refractivity contribution is 9.10. The summed E-state index contributed by atoms with van der Waals surface area (Å²) in [6.07, 6.45) is 1.75. The van der Waals surface area contributed by atoms with Gasteiger partial charge in [-0.25, -0.2) is 0 Å². The zero-order valence-corrected chi connectivity index (χ0v) is 11.7. The van der Waals surface area contributed by atoms with Crippen molar-refractivity contribution in [3.8, 4) is 0 Å². The van der Waals surface area contributed by atoms with Crippen LogP contribution in [0.15, 0.2) is 28.9 Å². The normalized spacial score (nSPS) is 10.4. The lowest BCUT2D eigenvalue weighted by Crippen LogP contribution is -2.14. The summed E-state index contributed by atoms with van der Waals surface area (Å²) in [5.41, 5.74) is 8.11. The number of carbonyl (C=O) groups excluding carboxylic acids is 1. The van der Waals surface area contributed by atoms with Gasteiger partial charge in [-0.15, -0.1) is 0 Å². The second-order valence-electron chi connectivity index (χ2n) is 3.99. The Hall–Kier alpha value is -1.82. The van der Waals surface area contributed by atoms with Gasteiger partial charge in [-0.2, -0.15) is 5.10 Å². The molecule has 0 atom stereocenters. The summed E-state index contributed by atoms with van der Waals surface area (Å²) < 4.78 is 2.46. The summed E-state index contributed by atoms with van der Waals surface area (Å²) >= 11 is 3.32. The van der Waals surface area contributed by atoms with Gasteiger partial charge in [0.05, 0.1) is 16.9 Å². The molecule has 5 nitrogen and oxygen atoms in total. The third-order valence-corrected chi connectivity index (χ3v) is 3.01. The number of nitrogens with zero attached hydrogens (tertiary/aromatic N) is 2. The molecule has 0 aliphatic carbocycles. The van der Waals surface area contributed by atoms with Gasteiger partial charge in [-0.3, -0.25) is 9.48 Å². The van der Waals surface area contributed by atoms with E-state index in [1.165, 1.54) is 0 Å². The van der Waals surface area contributed by atoms with Crippen LogP contribution in [0, 0.1) is 6.92 Å². The van der Waals surface area contributed by atoms with Crippen LogP contribution >= 0.6 is 15.9 Å². The molecule has 1 heterocycles. The molecule has 6 heteroatoms. The Bertz CT molecular complexity index is 606. The molecule has 1 aromatic heterocycles. The van der Waals surface area contributed by atoms with E-state index in [0.717, 1.165) is 10.2 Å². The summed E-state index contributed by atoms with van der Waals surface area (Å²) in [7, 11) is 1.80. The van der Waals surface area contributed by atoms with Crippen molar-refractivity contribution < 1.29 is 4.79 Å². The van der Waals surface area contributed by atoms with Crippen LogP contribution in [0.5, 0.6) is 0 Å². The number of aromatic nitrogens is 2. The average molecular weight is 309 g/mol. The molecule has 94 valence electrons. The number of hydrogen-bond donors (Lipinski definition) is 2. The predicted octanol–water partition coefficient (Wildman–Crippen LogP) is 2.33. The van der Waals surface area contributed by atoms with E-state index in [0.29, 0.717) is 16.9 Å². The average Bonchev–Trinajstić information content (AvgIpc) is 2.61.